The van der Waals surface area contributed by atoms with Crippen molar-refractivity contribution >= 4 is 0 Å². The lowest BCUT2D eigenvalue weighted by Crippen LogP contribution is -2.00. The molecule has 0 radical (unpaired) electrons. The van der Waals surface area contributed by atoms with E-state index in [2.05, 4.69) is 38.1 Å². The monoisotopic (exact) mass is 178 g/mol. The average molecular weight is 178 g/mol. The molecule has 0 saturated carbocycles. The molecule has 0 spiro atoms. The van der Waals surface area contributed by atoms with Gasteiger partial charge >= 0.3 is 0 Å². The summed E-state index contributed by atoms with van der Waals surface area (Å²) in [5, 5.41) is 0. The summed E-state index contributed by atoms with van der Waals surface area (Å²) in [6.45, 7) is 5.15. The van der Waals surface area contributed by atoms with Crippen LogP contribution in [0.3, 0.4) is 0 Å². The van der Waals surface area contributed by atoms with Crippen LogP contribution in [0.15, 0.2) is 30.3 Å². The lowest BCUT2D eigenvalue weighted by atomic mass is 10.1. The van der Waals surface area contributed by atoms with Gasteiger partial charge in [-0.2, -0.15) is 0 Å². The third kappa shape index (κ3) is 3.60. The van der Waals surface area contributed by atoms with Crippen LogP contribution >= 0.6 is 0 Å². The molecule has 1 aromatic carbocycles. The van der Waals surface area contributed by atoms with Gasteiger partial charge in [0.05, 0.1) is 6.10 Å². The first-order valence-electron chi connectivity index (χ1n) is 5.01. The van der Waals surface area contributed by atoms with Crippen molar-refractivity contribution in [2.75, 3.05) is 6.61 Å². The topological polar surface area (TPSA) is 9.23 Å². The maximum absolute atomic E-state index is 5.67. The summed E-state index contributed by atoms with van der Waals surface area (Å²) in [6, 6.07) is 10.3. The Bertz CT molecular complexity index is 218. The molecule has 1 heteroatoms. The zero-order valence-corrected chi connectivity index (χ0v) is 8.49. The zero-order chi connectivity index (χ0) is 9.52. The van der Waals surface area contributed by atoms with Crippen molar-refractivity contribution in [1.82, 2.24) is 0 Å². The molecule has 0 heterocycles. The fourth-order valence-electron chi connectivity index (χ4n) is 1.22. The standard InChI is InChI=1S/C12H18O/c1-3-4-10-13-11(2)12-8-6-5-7-9-12/h5-9,11H,3-4,10H2,1-2H3/t11-/m1/s1. The smallest absolute Gasteiger partial charge is 0.0796 e. The van der Waals surface area contributed by atoms with Gasteiger partial charge in [0, 0.05) is 6.61 Å². The molecule has 1 atom stereocenters. The number of benzene rings is 1. The maximum Gasteiger partial charge on any atom is 0.0796 e. The summed E-state index contributed by atoms with van der Waals surface area (Å²) in [5.74, 6) is 0. The van der Waals surface area contributed by atoms with E-state index in [9.17, 15) is 0 Å². The molecule has 0 N–H and O–H groups in total. The predicted molar refractivity (Wildman–Crippen MR) is 55.7 cm³/mol. The van der Waals surface area contributed by atoms with E-state index < -0.39 is 0 Å². The van der Waals surface area contributed by atoms with Gasteiger partial charge in [-0.25, -0.2) is 0 Å². The normalized spacial score (nSPS) is 12.8. The van der Waals surface area contributed by atoms with Crippen LogP contribution in [-0.4, -0.2) is 6.61 Å². The van der Waals surface area contributed by atoms with Crippen molar-refractivity contribution < 1.29 is 4.74 Å². The van der Waals surface area contributed by atoms with E-state index in [-0.39, 0.29) is 6.10 Å². The number of hydrogen-bond donors (Lipinski definition) is 0. The van der Waals surface area contributed by atoms with Gasteiger partial charge in [0.2, 0.25) is 0 Å². The molecule has 0 aliphatic carbocycles. The second-order valence-corrected chi connectivity index (χ2v) is 3.28. The molecule has 0 unspecified atom stereocenters. The zero-order valence-electron chi connectivity index (χ0n) is 8.49. The van der Waals surface area contributed by atoms with E-state index in [4.69, 9.17) is 4.74 Å². The van der Waals surface area contributed by atoms with Crippen molar-refractivity contribution in [3.63, 3.8) is 0 Å². The molecule has 13 heavy (non-hydrogen) atoms. The Hall–Kier alpha value is -0.820. The maximum atomic E-state index is 5.67. The van der Waals surface area contributed by atoms with Crippen molar-refractivity contribution in [2.24, 2.45) is 0 Å². The molecule has 0 aliphatic rings. The predicted octanol–water partition coefficient (Wildman–Crippen LogP) is 3.56. The highest BCUT2D eigenvalue weighted by Crippen LogP contribution is 2.15. The highest BCUT2D eigenvalue weighted by molar-refractivity contribution is 5.16. The quantitative estimate of drug-likeness (QED) is 0.626. The molecule has 1 aromatic rings. The van der Waals surface area contributed by atoms with Crippen LogP contribution in [0.25, 0.3) is 0 Å². The molecule has 0 bridgehead atoms. The molecule has 1 rings (SSSR count). The second-order valence-electron chi connectivity index (χ2n) is 3.28. The molecular weight excluding hydrogens is 160 g/mol. The number of unbranched alkanes of at least 4 members (excludes halogenated alkanes) is 1. The van der Waals surface area contributed by atoms with Crippen LogP contribution in [-0.2, 0) is 4.74 Å². The third-order valence-electron chi connectivity index (χ3n) is 2.13. The Kier molecular flexibility index (Phi) is 4.55. The Morgan fingerprint density at radius 3 is 2.54 bits per heavy atom. The van der Waals surface area contributed by atoms with Crippen LogP contribution < -0.4 is 0 Å². The van der Waals surface area contributed by atoms with Gasteiger partial charge in [0.25, 0.3) is 0 Å². The van der Waals surface area contributed by atoms with Gasteiger partial charge in [-0.3, -0.25) is 0 Å². The molecule has 72 valence electrons. The largest absolute Gasteiger partial charge is 0.374 e. The Labute approximate surface area is 80.7 Å². The fraction of sp³-hybridized carbons (Fsp3) is 0.500. The Balaban J connectivity index is 2.35. The molecule has 0 amide bonds. The van der Waals surface area contributed by atoms with Gasteiger partial charge in [0.1, 0.15) is 0 Å². The molecule has 0 saturated heterocycles. The summed E-state index contributed by atoms with van der Waals surface area (Å²) < 4.78 is 5.67. The molecule has 0 aliphatic heterocycles. The van der Waals surface area contributed by atoms with E-state index >= 15 is 0 Å². The van der Waals surface area contributed by atoms with E-state index in [1.165, 1.54) is 12.0 Å². The second kappa shape index (κ2) is 5.76. The van der Waals surface area contributed by atoms with Crippen LogP contribution in [0.1, 0.15) is 38.4 Å². The Morgan fingerprint density at radius 2 is 1.92 bits per heavy atom. The fourth-order valence-corrected chi connectivity index (χ4v) is 1.22. The average Bonchev–Trinajstić information content (AvgIpc) is 2.19. The molecule has 1 nitrogen and oxygen atoms in total. The third-order valence-corrected chi connectivity index (χ3v) is 2.13. The van der Waals surface area contributed by atoms with Gasteiger partial charge in [-0.1, -0.05) is 43.7 Å². The minimum Gasteiger partial charge on any atom is -0.374 e. The summed E-state index contributed by atoms with van der Waals surface area (Å²) in [6.07, 6.45) is 2.58. The first kappa shape index (κ1) is 10.3. The number of ether oxygens (including phenoxy) is 1. The highest BCUT2D eigenvalue weighted by atomic mass is 16.5. The van der Waals surface area contributed by atoms with E-state index in [1.54, 1.807) is 0 Å². The van der Waals surface area contributed by atoms with Gasteiger partial charge in [-0.15, -0.1) is 0 Å². The first-order chi connectivity index (χ1) is 6.34. The summed E-state index contributed by atoms with van der Waals surface area (Å²) in [7, 11) is 0. The van der Waals surface area contributed by atoms with Crippen LogP contribution in [0.5, 0.6) is 0 Å². The summed E-state index contributed by atoms with van der Waals surface area (Å²) >= 11 is 0. The minimum absolute atomic E-state index is 0.229. The SMILES string of the molecule is CCCCO[C@H](C)c1ccccc1. The van der Waals surface area contributed by atoms with Crippen molar-refractivity contribution in [2.45, 2.75) is 32.8 Å². The van der Waals surface area contributed by atoms with Crippen LogP contribution in [0.2, 0.25) is 0 Å². The summed E-state index contributed by atoms with van der Waals surface area (Å²) in [5.41, 5.74) is 1.26. The molecular formula is C12H18O. The lowest BCUT2D eigenvalue weighted by molar-refractivity contribution is 0.0637. The lowest BCUT2D eigenvalue weighted by Gasteiger charge is -2.12. The molecule has 0 fully saturated rings. The Morgan fingerprint density at radius 1 is 1.23 bits per heavy atom. The van der Waals surface area contributed by atoms with Gasteiger partial charge < -0.3 is 4.74 Å². The van der Waals surface area contributed by atoms with Crippen molar-refractivity contribution in [3.8, 4) is 0 Å². The first-order valence-corrected chi connectivity index (χ1v) is 5.01. The van der Waals surface area contributed by atoms with E-state index in [0.717, 1.165) is 13.0 Å². The minimum atomic E-state index is 0.229. The molecule has 0 aromatic heterocycles. The highest BCUT2D eigenvalue weighted by Gasteiger charge is 2.02. The van der Waals surface area contributed by atoms with Crippen LogP contribution in [0.4, 0.5) is 0 Å². The number of rotatable bonds is 5. The van der Waals surface area contributed by atoms with Crippen molar-refractivity contribution in [1.29, 1.82) is 0 Å². The van der Waals surface area contributed by atoms with Crippen LogP contribution in [0, 0.1) is 0 Å². The van der Waals surface area contributed by atoms with E-state index in [1.807, 2.05) is 6.07 Å². The van der Waals surface area contributed by atoms with Gasteiger partial charge in [0.15, 0.2) is 0 Å². The van der Waals surface area contributed by atoms with Crippen molar-refractivity contribution in [3.05, 3.63) is 35.9 Å². The van der Waals surface area contributed by atoms with Gasteiger partial charge in [-0.05, 0) is 18.9 Å². The number of hydrogen-bond acceptors (Lipinski definition) is 1. The van der Waals surface area contributed by atoms with E-state index in [0.29, 0.717) is 0 Å². The summed E-state index contributed by atoms with van der Waals surface area (Å²) in [4.78, 5) is 0.